The van der Waals surface area contributed by atoms with Crippen molar-refractivity contribution in [3.63, 3.8) is 0 Å². The second-order valence-electron chi connectivity index (χ2n) is 9.78. The number of rotatable bonds is 6. The lowest BCUT2D eigenvalue weighted by Gasteiger charge is -2.56. The van der Waals surface area contributed by atoms with Crippen LogP contribution < -0.4 is 0 Å². The van der Waals surface area contributed by atoms with Gasteiger partial charge in [0.2, 0.25) is 0 Å². The third kappa shape index (κ3) is 4.24. The molecule has 1 aliphatic rings. The summed E-state index contributed by atoms with van der Waals surface area (Å²) in [5.41, 5.74) is 4.11. The van der Waals surface area contributed by atoms with Crippen LogP contribution in [-0.2, 0) is 14.9 Å². The fourth-order valence-electron chi connectivity index (χ4n) is 6.29. The van der Waals surface area contributed by atoms with Gasteiger partial charge in [-0.25, -0.2) is 0 Å². The molecule has 2 nitrogen and oxygen atoms in total. The summed E-state index contributed by atoms with van der Waals surface area (Å²) in [5.74, 6) is 0.703. The van der Waals surface area contributed by atoms with Gasteiger partial charge in [-0.15, -0.1) is 0 Å². The van der Waals surface area contributed by atoms with Crippen molar-refractivity contribution in [2.45, 2.75) is 70.3 Å². The van der Waals surface area contributed by atoms with Crippen LogP contribution in [0.2, 0.25) is 0 Å². The number of aryl methyl sites for hydroxylation is 1. The first-order valence-corrected chi connectivity index (χ1v) is 12.3. The minimum absolute atomic E-state index is 0.195. The van der Waals surface area contributed by atoms with Gasteiger partial charge in [0.25, 0.3) is 0 Å². The van der Waals surface area contributed by atoms with E-state index >= 15 is 0 Å². The van der Waals surface area contributed by atoms with E-state index in [1.807, 2.05) is 0 Å². The van der Waals surface area contributed by atoms with Crippen molar-refractivity contribution in [2.24, 2.45) is 5.92 Å². The molecule has 3 aromatic rings. The summed E-state index contributed by atoms with van der Waals surface area (Å²) in [6, 6.07) is 30.4. The number of hydrogen-bond donors (Lipinski definition) is 0. The summed E-state index contributed by atoms with van der Waals surface area (Å²) < 4.78 is 6.39. The summed E-state index contributed by atoms with van der Waals surface area (Å²) >= 11 is 0. The Hall–Kier alpha value is -2.87. The Bertz CT molecular complexity index is 1070. The highest BCUT2D eigenvalue weighted by Gasteiger charge is 2.58. The highest BCUT2D eigenvalue weighted by atomic mass is 16.6. The van der Waals surface area contributed by atoms with Gasteiger partial charge in [0.15, 0.2) is 0 Å². The second-order valence-corrected chi connectivity index (χ2v) is 9.78. The normalized spacial score (nSPS) is 25.9. The van der Waals surface area contributed by atoms with Crippen LogP contribution in [0.5, 0.6) is 0 Å². The standard InChI is InChI=1S/C31H36O2/c1-5-30(33-25(4)32)20-19-27(24(3)26-14-8-6-9-15-26)22-31(30,28-16-10-7-11-17-28)29-18-12-13-23(2)21-29/h6-18,21,24,27H,5,19-20,22H2,1-4H3. The molecule has 1 aliphatic carbocycles. The highest BCUT2D eigenvalue weighted by Crippen LogP contribution is 2.58. The van der Waals surface area contributed by atoms with E-state index in [9.17, 15) is 4.79 Å². The minimum Gasteiger partial charge on any atom is -0.458 e. The van der Waals surface area contributed by atoms with Crippen LogP contribution in [0.1, 0.15) is 74.6 Å². The minimum atomic E-state index is -0.582. The summed E-state index contributed by atoms with van der Waals surface area (Å²) in [6.45, 7) is 8.24. The largest absolute Gasteiger partial charge is 0.458 e. The topological polar surface area (TPSA) is 26.3 Å². The van der Waals surface area contributed by atoms with E-state index in [0.717, 1.165) is 25.7 Å². The SMILES string of the molecule is CCC1(OC(C)=O)CCC(C(C)c2ccccc2)CC1(c1ccccc1)c1cccc(C)c1. The first-order valence-electron chi connectivity index (χ1n) is 12.3. The summed E-state index contributed by atoms with van der Waals surface area (Å²) in [7, 11) is 0. The number of benzene rings is 3. The number of esters is 1. The molecule has 1 fully saturated rings. The molecule has 0 radical (unpaired) electrons. The van der Waals surface area contributed by atoms with E-state index < -0.39 is 11.0 Å². The smallest absolute Gasteiger partial charge is 0.303 e. The van der Waals surface area contributed by atoms with Crippen molar-refractivity contribution < 1.29 is 9.53 Å². The zero-order chi connectivity index (χ0) is 23.5. The Balaban J connectivity index is 1.94. The van der Waals surface area contributed by atoms with E-state index in [0.29, 0.717) is 11.8 Å². The van der Waals surface area contributed by atoms with Crippen molar-refractivity contribution >= 4 is 5.97 Å². The fraction of sp³-hybridized carbons (Fsp3) is 0.387. The van der Waals surface area contributed by atoms with E-state index in [4.69, 9.17) is 4.74 Å². The molecular weight excluding hydrogens is 404 g/mol. The van der Waals surface area contributed by atoms with E-state index in [1.54, 1.807) is 6.92 Å². The summed E-state index contributed by atoms with van der Waals surface area (Å²) in [4.78, 5) is 12.5. The number of carbonyl (C=O) groups excluding carboxylic acids is 1. The molecule has 0 bridgehead atoms. The molecule has 0 spiro atoms. The molecule has 4 atom stereocenters. The lowest BCUT2D eigenvalue weighted by Crippen LogP contribution is -2.58. The molecular formula is C31H36O2. The van der Waals surface area contributed by atoms with E-state index in [2.05, 4.69) is 106 Å². The third-order valence-electron chi connectivity index (χ3n) is 7.99. The molecule has 2 heteroatoms. The number of carbonyl (C=O) groups is 1. The molecule has 3 aromatic carbocycles. The lowest BCUT2D eigenvalue weighted by molar-refractivity contribution is -0.172. The predicted octanol–water partition coefficient (Wildman–Crippen LogP) is 7.60. The second kappa shape index (κ2) is 9.55. The van der Waals surface area contributed by atoms with Gasteiger partial charge < -0.3 is 4.74 Å². The van der Waals surface area contributed by atoms with E-state index in [1.165, 1.54) is 22.3 Å². The van der Waals surface area contributed by atoms with Gasteiger partial charge >= 0.3 is 5.97 Å². The van der Waals surface area contributed by atoms with Crippen molar-refractivity contribution in [1.29, 1.82) is 0 Å². The quantitative estimate of drug-likeness (QED) is 0.369. The van der Waals surface area contributed by atoms with Crippen LogP contribution >= 0.6 is 0 Å². The average molecular weight is 441 g/mol. The molecule has 0 amide bonds. The predicted molar refractivity (Wildman–Crippen MR) is 135 cm³/mol. The van der Waals surface area contributed by atoms with Gasteiger partial charge in [0.1, 0.15) is 5.60 Å². The molecule has 4 rings (SSSR count). The average Bonchev–Trinajstić information content (AvgIpc) is 2.84. The molecule has 172 valence electrons. The monoisotopic (exact) mass is 440 g/mol. The number of ether oxygens (including phenoxy) is 1. The lowest BCUT2D eigenvalue weighted by atomic mass is 9.51. The zero-order valence-electron chi connectivity index (χ0n) is 20.4. The Morgan fingerprint density at radius 2 is 1.61 bits per heavy atom. The van der Waals surface area contributed by atoms with Gasteiger partial charge in [0, 0.05) is 6.92 Å². The fourth-order valence-corrected chi connectivity index (χ4v) is 6.29. The van der Waals surface area contributed by atoms with Crippen LogP contribution in [0.15, 0.2) is 84.9 Å². The Morgan fingerprint density at radius 1 is 0.970 bits per heavy atom. The van der Waals surface area contributed by atoms with Crippen molar-refractivity contribution in [2.75, 3.05) is 0 Å². The first-order chi connectivity index (χ1) is 15.9. The van der Waals surface area contributed by atoms with Crippen LogP contribution in [0.25, 0.3) is 0 Å². The molecule has 1 saturated carbocycles. The van der Waals surface area contributed by atoms with Crippen LogP contribution in [0.3, 0.4) is 0 Å². The molecule has 0 heterocycles. The summed E-state index contributed by atoms with van der Waals surface area (Å²) in [5, 5.41) is 0. The molecule has 0 aliphatic heterocycles. The highest BCUT2D eigenvalue weighted by molar-refractivity contribution is 5.67. The maximum absolute atomic E-state index is 12.5. The van der Waals surface area contributed by atoms with Crippen molar-refractivity contribution in [3.05, 3.63) is 107 Å². The molecule has 4 unspecified atom stereocenters. The number of hydrogen-bond acceptors (Lipinski definition) is 2. The first kappa shape index (κ1) is 23.3. The third-order valence-corrected chi connectivity index (χ3v) is 7.99. The van der Waals surface area contributed by atoms with Crippen molar-refractivity contribution in [3.8, 4) is 0 Å². The van der Waals surface area contributed by atoms with Gasteiger partial charge in [-0.05, 0) is 61.1 Å². The van der Waals surface area contributed by atoms with Crippen LogP contribution in [0, 0.1) is 12.8 Å². The van der Waals surface area contributed by atoms with E-state index in [-0.39, 0.29) is 5.97 Å². The van der Waals surface area contributed by atoms with Gasteiger partial charge in [0.05, 0.1) is 5.41 Å². The van der Waals surface area contributed by atoms with Crippen molar-refractivity contribution in [1.82, 2.24) is 0 Å². The molecule has 0 aromatic heterocycles. The Kier molecular flexibility index (Phi) is 6.74. The van der Waals surface area contributed by atoms with Gasteiger partial charge in [-0.1, -0.05) is 104 Å². The zero-order valence-corrected chi connectivity index (χ0v) is 20.4. The molecule has 0 saturated heterocycles. The van der Waals surface area contributed by atoms with Gasteiger partial charge in [-0.3, -0.25) is 4.79 Å². The maximum atomic E-state index is 12.5. The van der Waals surface area contributed by atoms with Crippen LogP contribution in [-0.4, -0.2) is 11.6 Å². The molecule has 0 N–H and O–H groups in total. The van der Waals surface area contributed by atoms with Crippen LogP contribution in [0.4, 0.5) is 0 Å². The van der Waals surface area contributed by atoms with Gasteiger partial charge in [-0.2, -0.15) is 0 Å². The Labute approximate surface area is 199 Å². The Morgan fingerprint density at radius 3 is 2.21 bits per heavy atom. The summed E-state index contributed by atoms with van der Waals surface area (Å²) in [6.07, 6.45) is 3.62. The maximum Gasteiger partial charge on any atom is 0.303 e. The molecule has 33 heavy (non-hydrogen) atoms.